The maximum Gasteiger partial charge on any atom is 0.227 e. The molecule has 1 saturated heterocycles. The molecule has 1 aromatic rings. The van der Waals surface area contributed by atoms with Crippen molar-refractivity contribution in [2.45, 2.75) is 19.4 Å². The van der Waals surface area contributed by atoms with Crippen LogP contribution < -0.4 is 11.1 Å². The number of hydrogen-bond donors (Lipinski definition) is 2. The third-order valence-electron chi connectivity index (χ3n) is 3.77. The Hall–Kier alpha value is -1.53. The van der Waals surface area contributed by atoms with Gasteiger partial charge in [-0.15, -0.1) is 0 Å². The number of rotatable bonds is 4. The lowest BCUT2D eigenvalue weighted by atomic mass is 9.79. The summed E-state index contributed by atoms with van der Waals surface area (Å²) in [6.45, 7) is 1.14. The monoisotopic (exact) mass is 284 g/mol. The molecule has 0 unspecified atom stereocenters. The van der Waals surface area contributed by atoms with E-state index in [9.17, 15) is 13.6 Å². The number of nitrogens with one attached hydrogen (secondary N) is 1. The van der Waals surface area contributed by atoms with Gasteiger partial charge in [-0.05, 0) is 31.0 Å². The highest BCUT2D eigenvalue weighted by Gasteiger charge is 2.38. The fraction of sp³-hybridized carbons (Fsp3) is 0.500. The Morgan fingerprint density at radius 1 is 1.35 bits per heavy atom. The first kappa shape index (κ1) is 14.9. The van der Waals surface area contributed by atoms with Crippen LogP contribution >= 0.6 is 0 Å². The van der Waals surface area contributed by atoms with Crippen molar-refractivity contribution in [2.75, 3.05) is 19.8 Å². The number of carbonyl (C=O) groups is 1. The summed E-state index contributed by atoms with van der Waals surface area (Å²) >= 11 is 0. The molecule has 0 saturated carbocycles. The Morgan fingerprint density at radius 2 is 2.05 bits per heavy atom. The largest absolute Gasteiger partial charge is 0.381 e. The van der Waals surface area contributed by atoms with E-state index in [-0.39, 0.29) is 24.6 Å². The van der Waals surface area contributed by atoms with Gasteiger partial charge in [-0.2, -0.15) is 0 Å². The van der Waals surface area contributed by atoms with Crippen molar-refractivity contribution in [3.63, 3.8) is 0 Å². The molecule has 6 heteroatoms. The van der Waals surface area contributed by atoms with Gasteiger partial charge in [0.2, 0.25) is 5.91 Å². The predicted molar refractivity (Wildman–Crippen MR) is 69.7 cm³/mol. The Balaban J connectivity index is 2.02. The lowest BCUT2D eigenvalue weighted by Gasteiger charge is -2.34. The van der Waals surface area contributed by atoms with Crippen LogP contribution in [-0.2, 0) is 16.1 Å². The van der Waals surface area contributed by atoms with Crippen molar-refractivity contribution >= 4 is 5.91 Å². The summed E-state index contributed by atoms with van der Waals surface area (Å²) in [4.78, 5) is 12.3. The van der Waals surface area contributed by atoms with E-state index in [1.165, 1.54) is 0 Å². The first-order valence-corrected chi connectivity index (χ1v) is 6.57. The van der Waals surface area contributed by atoms with Crippen LogP contribution in [0.15, 0.2) is 18.2 Å². The molecular formula is C14H18F2N2O2. The van der Waals surface area contributed by atoms with Crippen molar-refractivity contribution in [1.29, 1.82) is 0 Å². The molecule has 1 aliphatic heterocycles. The Morgan fingerprint density at radius 3 is 2.70 bits per heavy atom. The molecular weight excluding hydrogens is 266 g/mol. The molecule has 1 amide bonds. The lowest BCUT2D eigenvalue weighted by molar-refractivity contribution is -0.136. The molecule has 0 bridgehead atoms. The van der Waals surface area contributed by atoms with E-state index in [0.29, 0.717) is 26.1 Å². The minimum atomic E-state index is -0.665. The number of carbonyl (C=O) groups excluding carboxylic acids is 1. The van der Waals surface area contributed by atoms with Gasteiger partial charge in [0.25, 0.3) is 0 Å². The second-order valence-corrected chi connectivity index (χ2v) is 5.02. The maximum atomic E-state index is 13.5. The molecule has 3 N–H and O–H groups in total. The molecule has 20 heavy (non-hydrogen) atoms. The molecule has 2 rings (SSSR count). The van der Waals surface area contributed by atoms with Crippen molar-refractivity contribution in [3.05, 3.63) is 35.4 Å². The van der Waals surface area contributed by atoms with E-state index in [1.807, 2.05) is 0 Å². The summed E-state index contributed by atoms with van der Waals surface area (Å²) in [6, 6.07) is 3.17. The zero-order valence-corrected chi connectivity index (χ0v) is 11.1. The lowest BCUT2D eigenvalue weighted by Crippen LogP contribution is -2.49. The number of ether oxygens (including phenoxy) is 1. The molecule has 0 spiro atoms. The van der Waals surface area contributed by atoms with E-state index < -0.39 is 17.0 Å². The standard InChI is InChI=1S/C14H18F2N2O2/c15-11-1-2-12(16)10(7-11)8-18-13(19)14(9-17)3-5-20-6-4-14/h1-2,7H,3-6,8-9,17H2,(H,18,19). The molecule has 0 aromatic heterocycles. The van der Waals surface area contributed by atoms with Crippen molar-refractivity contribution in [1.82, 2.24) is 5.32 Å². The maximum absolute atomic E-state index is 13.5. The van der Waals surface area contributed by atoms with Crippen molar-refractivity contribution < 1.29 is 18.3 Å². The average molecular weight is 284 g/mol. The van der Waals surface area contributed by atoms with E-state index >= 15 is 0 Å². The number of benzene rings is 1. The van der Waals surface area contributed by atoms with Crippen LogP contribution in [0, 0.1) is 17.0 Å². The van der Waals surface area contributed by atoms with Gasteiger partial charge in [0.15, 0.2) is 0 Å². The van der Waals surface area contributed by atoms with Crippen LogP contribution in [0.1, 0.15) is 18.4 Å². The van der Waals surface area contributed by atoms with E-state index in [4.69, 9.17) is 10.5 Å². The van der Waals surface area contributed by atoms with E-state index in [1.54, 1.807) is 0 Å². The van der Waals surface area contributed by atoms with Gasteiger partial charge in [-0.25, -0.2) is 8.78 Å². The molecule has 0 atom stereocenters. The van der Waals surface area contributed by atoms with Crippen LogP contribution in [0.25, 0.3) is 0 Å². The summed E-state index contributed by atoms with van der Waals surface area (Å²) < 4.78 is 31.8. The predicted octanol–water partition coefficient (Wildman–Crippen LogP) is 1.34. The van der Waals surface area contributed by atoms with Gasteiger partial charge >= 0.3 is 0 Å². The second-order valence-electron chi connectivity index (χ2n) is 5.02. The number of hydrogen-bond acceptors (Lipinski definition) is 3. The van der Waals surface area contributed by atoms with Gasteiger partial charge < -0.3 is 15.8 Å². The second kappa shape index (κ2) is 6.28. The molecule has 1 aliphatic rings. The van der Waals surface area contributed by atoms with Crippen LogP contribution in [-0.4, -0.2) is 25.7 Å². The normalized spacial score (nSPS) is 17.8. The fourth-order valence-corrected chi connectivity index (χ4v) is 2.33. The molecule has 4 nitrogen and oxygen atoms in total. The number of halogens is 2. The first-order chi connectivity index (χ1) is 9.57. The van der Waals surface area contributed by atoms with Crippen molar-refractivity contribution in [2.24, 2.45) is 11.1 Å². The highest BCUT2D eigenvalue weighted by molar-refractivity contribution is 5.83. The Bertz CT molecular complexity index is 488. The highest BCUT2D eigenvalue weighted by atomic mass is 19.1. The Kier molecular flexibility index (Phi) is 4.67. The van der Waals surface area contributed by atoms with Crippen LogP contribution in [0.2, 0.25) is 0 Å². The molecule has 1 aromatic carbocycles. The van der Waals surface area contributed by atoms with Gasteiger partial charge in [-0.3, -0.25) is 4.79 Å². The zero-order chi connectivity index (χ0) is 14.6. The zero-order valence-electron chi connectivity index (χ0n) is 11.1. The Labute approximate surface area is 116 Å². The average Bonchev–Trinajstić information content (AvgIpc) is 2.48. The van der Waals surface area contributed by atoms with Crippen LogP contribution in [0.5, 0.6) is 0 Å². The molecule has 1 fully saturated rings. The smallest absolute Gasteiger partial charge is 0.227 e. The SMILES string of the molecule is NCC1(C(=O)NCc2cc(F)ccc2F)CCOCC1. The molecule has 0 aliphatic carbocycles. The fourth-order valence-electron chi connectivity index (χ4n) is 2.33. The minimum absolute atomic E-state index is 0.0506. The molecule has 110 valence electrons. The molecule has 0 radical (unpaired) electrons. The van der Waals surface area contributed by atoms with Crippen molar-refractivity contribution in [3.8, 4) is 0 Å². The number of nitrogens with two attached hydrogens (primary N) is 1. The van der Waals surface area contributed by atoms with Gasteiger partial charge in [0.1, 0.15) is 11.6 Å². The summed E-state index contributed by atoms with van der Waals surface area (Å²) in [5.41, 5.74) is 5.17. The van der Waals surface area contributed by atoms with Gasteiger partial charge in [-0.1, -0.05) is 0 Å². The third-order valence-corrected chi connectivity index (χ3v) is 3.77. The quantitative estimate of drug-likeness (QED) is 0.877. The van der Waals surface area contributed by atoms with Crippen LogP contribution in [0.3, 0.4) is 0 Å². The first-order valence-electron chi connectivity index (χ1n) is 6.57. The van der Waals surface area contributed by atoms with E-state index in [2.05, 4.69) is 5.32 Å². The minimum Gasteiger partial charge on any atom is -0.381 e. The summed E-state index contributed by atoms with van der Waals surface area (Å²) in [5, 5.41) is 2.65. The number of amides is 1. The highest BCUT2D eigenvalue weighted by Crippen LogP contribution is 2.29. The summed E-state index contributed by atoms with van der Waals surface area (Å²) in [7, 11) is 0. The topological polar surface area (TPSA) is 64.4 Å². The molecule has 1 heterocycles. The third kappa shape index (κ3) is 3.13. The van der Waals surface area contributed by atoms with Gasteiger partial charge in [0, 0.05) is 31.9 Å². The van der Waals surface area contributed by atoms with Gasteiger partial charge in [0.05, 0.1) is 5.41 Å². The summed E-state index contributed by atoms with van der Waals surface area (Å²) in [6.07, 6.45) is 1.09. The van der Waals surface area contributed by atoms with Crippen LogP contribution in [0.4, 0.5) is 8.78 Å². The summed E-state index contributed by atoms with van der Waals surface area (Å²) in [5.74, 6) is -1.30. The van der Waals surface area contributed by atoms with E-state index in [0.717, 1.165) is 18.2 Å².